The van der Waals surface area contributed by atoms with Gasteiger partial charge in [-0.2, -0.15) is 0 Å². The quantitative estimate of drug-likeness (QED) is 0.790. The van der Waals surface area contributed by atoms with Gasteiger partial charge in [-0.15, -0.1) is 0 Å². The van der Waals surface area contributed by atoms with E-state index in [1.54, 1.807) is 0 Å². The predicted molar refractivity (Wildman–Crippen MR) is 89.3 cm³/mol. The predicted octanol–water partition coefficient (Wildman–Crippen LogP) is 4.93. The van der Waals surface area contributed by atoms with Gasteiger partial charge < -0.3 is 5.32 Å². The third kappa shape index (κ3) is 3.95. The molecule has 0 aliphatic heterocycles. The summed E-state index contributed by atoms with van der Waals surface area (Å²) >= 11 is 0. The molecule has 110 valence electrons. The number of nitrogens with one attached hydrogen (secondary N) is 1. The summed E-state index contributed by atoms with van der Waals surface area (Å²) in [6.07, 6.45) is 4.10. The Bertz CT molecular complexity index is 584. The molecule has 2 aromatic rings. The van der Waals surface area contributed by atoms with Gasteiger partial charge in [-0.1, -0.05) is 61.4 Å². The van der Waals surface area contributed by atoms with E-state index in [0.717, 1.165) is 12.5 Å². The number of hydrogen-bond donors (Lipinski definition) is 1. The number of rotatable bonds is 6. The molecular weight excluding hydrogens is 254 g/mol. The van der Waals surface area contributed by atoms with Crippen molar-refractivity contribution in [3.8, 4) is 0 Å². The second-order valence-electron chi connectivity index (χ2n) is 6.44. The maximum atomic E-state index is 3.77. The van der Waals surface area contributed by atoms with Crippen molar-refractivity contribution in [1.29, 1.82) is 0 Å². The van der Waals surface area contributed by atoms with Crippen LogP contribution in [0.15, 0.2) is 48.5 Å². The number of aryl methyl sites for hydroxylation is 2. The van der Waals surface area contributed by atoms with Gasteiger partial charge in [-0.05, 0) is 48.4 Å². The molecule has 0 radical (unpaired) electrons. The molecule has 1 N–H and O–H groups in total. The van der Waals surface area contributed by atoms with Crippen molar-refractivity contribution in [2.75, 3.05) is 0 Å². The first-order valence-corrected chi connectivity index (χ1v) is 8.07. The molecule has 1 saturated carbocycles. The maximum Gasteiger partial charge on any atom is 0.0325 e. The molecule has 1 heteroatoms. The van der Waals surface area contributed by atoms with Gasteiger partial charge >= 0.3 is 0 Å². The highest BCUT2D eigenvalue weighted by molar-refractivity contribution is 5.32. The fourth-order valence-corrected chi connectivity index (χ4v) is 2.84. The molecule has 1 atom stereocenters. The van der Waals surface area contributed by atoms with Gasteiger partial charge in [0.1, 0.15) is 0 Å². The van der Waals surface area contributed by atoms with E-state index in [0.29, 0.717) is 6.04 Å². The summed E-state index contributed by atoms with van der Waals surface area (Å²) in [7, 11) is 0. The van der Waals surface area contributed by atoms with Gasteiger partial charge in [0.15, 0.2) is 0 Å². The van der Waals surface area contributed by atoms with Crippen LogP contribution in [-0.4, -0.2) is 0 Å². The highest BCUT2D eigenvalue weighted by Gasteiger charge is 2.26. The molecule has 0 heterocycles. The van der Waals surface area contributed by atoms with Crippen LogP contribution in [0.4, 0.5) is 0 Å². The highest BCUT2D eigenvalue weighted by atomic mass is 14.9. The lowest BCUT2D eigenvalue weighted by Gasteiger charge is -2.20. The Morgan fingerprint density at radius 2 is 1.76 bits per heavy atom. The second-order valence-corrected chi connectivity index (χ2v) is 6.44. The third-order valence-corrected chi connectivity index (χ3v) is 4.59. The molecule has 0 unspecified atom stereocenters. The third-order valence-electron chi connectivity index (χ3n) is 4.59. The molecule has 1 aliphatic carbocycles. The van der Waals surface area contributed by atoms with E-state index in [-0.39, 0.29) is 0 Å². The zero-order valence-corrected chi connectivity index (χ0v) is 13.1. The van der Waals surface area contributed by atoms with Crippen molar-refractivity contribution in [1.82, 2.24) is 5.32 Å². The largest absolute Gasteiger partial charge is 0.306 e. The lowest BCUT2D eigenvalue weighted by Crippen LogP contribution is -2.21. The molecular formula is C20H25N. The Morgan fingerprint density at radius 1 is 1.00 bits per heavy atom. The molecule has 21 heavy (non-hydrogen) atoms. The van der Waals surface area contributed by atoms with Crippen LogP contribution in [0, 0.1) is 19.8 Å². The normalized spacial score (nSPS) is 15.9. The van der Waals surface area contributed by atoms with Crippen LogP contribution in [0.5, 0.6) is 0 Å². The van der Waals surface area contributed by atoms with Crippen molar-refractivity contribution >= 4 is 0 Å². The molecule has 1 nitrogen and oxygen atoms in total. The van der Waals surface area contributed by atoms with Crippen molar-refractivity contribution in [3.63, 3.8) is 0 Å². The lowest BCUT2D eigenvalue weighted by atomic mass is 9.97. The first-order chi connectivity index (χ1) is 10.2. The molecule has 3 rings (SSSR count). The minimum atomic E-state index is 0.483. The average Bonchev–Trinajstić information content (AvgIpc) is 3.31. The summed E-state index contributed by atoms with van der Waals surface area (Å²) < 4.78 is 0. The first-order valence-electron chi connectivity index (χ1n) is 8.07. The summed E-state index contributed by atoms with van der Waals surface area (Å²) in [5, 5.41) is 3.77. The standard InChI is InChI=1S/C20H25N/c1-15-8-11-19(12-16(15)2)20(13-17-9-10-17)21-14-18-6-4-3-5-7-18/h3-8,11-12,17,20-21H,9-10,13-14H2,1-2H3/t20-/m0/s1. The molecule has 0 spiro atoms. The van der Waals surface area contributed by atoms with Gasteiger partial charge in [-0.3, -0.25) is 0 Å². The van der Waals surface area contributed by atoms with E-state index in [1.807, 2.05) is 0 Å². The summed E-state index contributed by atoms with van der Waals surface area (Å²) in [4.78, 5) is 0. The van der Waals surface area contributed by atoms with E-state index >= 15 is 0 Å². The van der Waals surface area contributed by atoms with E-state index in [1.165, 1.54) is 41.5 Å². The van der Waals surface area contributed by atoms with Crippen molar-refractivity contribution in [3.05, 3.63) is 70.8 Å². The number of hydrogen-bond acceptors (Lipinski definition) is 1. The smallest absolute Gasteiger partial charge is 0.0325 e. The van der Waals surface area contributed by atoms with E-state index < -0.39 is 0 Å². The Labute approximate surface area is 128 Å². The molecule has 1 aliphatic rings. The van der Waals surface area contributed by atoms with Crippen LogP contribution in [0.1, 0.15) is 47.6 Å². The topological polar surface area (TPSA) is 12.0 Å². The highest BCUT2D eigenvalue weighted by Crippen LogP contribution is 2.38. The Morgan fingerprint density at radius 3 is 2.43 bits per heavy atom. The van der Waals surface area contributed by atoms with Crippen LogP contribution in [0.25, 0.3) is 0 Å². The SMILES string of the molecule is Cc1ccc([C@H](CC2CC2)NCc2ccccc2)cc1C. The molecule has 2 aromatic carbocycles. The number of benzene rings is 2. The fourth-order valence-electron chi connectivity index (χ4n) is 2.84. The Balaban J connectivity index is 1.72. The van der Waals surface area contributed by atoms with E-state index in [4.69, 9.17) is 0 Å². The summed E-state index contributed by atoms with van der Waals surface area (Å²) in [5.41, 5.74) is 5.59. The molecule has 0 aromatic heterocycles. The monoisotopic (exact) mass is 279 g/mol. The minimum absolute atomic E-state index is 0.483. The van der Waals surface area contributed by atoms with Crippen molar-refractivity contribution in [2.24, 2.45) is 5.92 Å². The minimum Gasteiger partial charge on any atom is -0.306 e. The van der Waals surface area contributed by atoms with Crippen LogP contribution in [0.2, 0.25) is 0 Å². The van der Waals surface area contributed by atoms with Crippen LogP contribution >= 0.6 is 0 Å². The molecule has 0 amide bonds. The van der Waals surface area contributed by atoms with Crippen LogP contribution < -0.4 is 5.32 Å². The Hall–Kier alpha value is -1.60. The second kappa shape index (κ2) is 6.44. The van der Waals surface area contributed by atoms with Crippen molar-refractivity contribution < 1.29 is 0 Å². The van der Waals surface area contributed by atoms with E-state index in [9.17, 15) is 0 Å². The van der Waals surface area contributed by atoms with E-state index in [2.05, 4.69) is 67.7 Å². The molecule has 0 saturated heterocycles. The van der Waals surface area contributed by atoms with Crippen molar-refractivity contribution in [2.45, 2.75) is 45.7 Å². The first kappa shape index (κ1) is 14.3. The zero-order chi connectivity index (χ0) is 14.7. The Kier molecular flexibility index (Phi) is 4.40. The fraction of sp³-hybridized carbons (Fsp3) is 0.400. The van der Waals surface area contributed by atoms with Gasteiger partial charge in [0.2, 0.25) is 0 Å². The average molecular weight is 279 g/mol. The summed E-state index contributed by atoms with van der Waals surface area (Å²) in [5.74, 6) is 0.930. The van der Waals surface area contributed by atoms with Crippen LogP contribution in [0.3, 0.4) is 0 Å². The summed E-state index contributed by atoms with van der Waals surface area (Å²) in [6.45, 7) is 5.35. The van der Waals surface area contributed by atoms with Gasteiger partial charge in [0.25, 0.3) is 0 Å². The zero-order valence-electron chi connectivity index (χ0n) is 13.1. The molecule has 0 bridgehead atoms. The van der Waals surface area contributed by atoms with Gasteiger partial charge in [-0.25, -0.2) is 0 Å². The maximum absolute atomic E-state index is 3.77. The van der Waals surface area contributed by atoms with Crippen LogP contribution in [-0.2, 0) is 6.54 Å². The summed E-state index contributed by atoms with van der Waals surface area (Å²) in [6, 6.07) is 18.1. The lowest BCUT2D eigenvalue weighted by molar-refractivity contribution is 0.473. The van der Waals surface area contributed by atoms with Gasteiger partial charge in [0, 0.05) is 12.6 Å². The molecule has 1 fully saturated rings. The van der Waals surface area contributed by atoms with Gasteiger partial charge in [0.05, 0.1) is 0 Å².